The first-order valence-corrected chi connectivity index (χ1v) is 7.39. The van der Waals surface area contributed by atoms with Gasteiger partial charge in [-0.3, -0.25) is 4.79 Å². The van der Waals surface area contributed by atoms with Gasteiger partial charge in [-0.25, -0.2) is 5.43 Å². The van der Waals surface area contributed by atoms with E-state index in [4.69, 9.17) is 16.3 Å². The van der Waals surface area contributed by atoms with E-state index in [0.29, 0.717) is 16.7 Å². The minimum atomic E-state index is -0.271. The summed E-state index contributed by atoms with van der Waals surface area (Å²) in [6.07, 6.45) is 9.26. The highest BCUT2D eigenvalue weighted by Crippen LogP contribution is 2.21. The van der Waals surface area contributed by atoms with Gasteiger partial charge in [0.25, 0.3) is 5.91 Å². The molecule has 0 fully saturated rings. The lowest BCUT2D eigenvalue weighted by molar-refractivity contribution is -0.123. The smallest absolute Gasteiger partial charge is 0.277 e. The molecule has 1 aliphatic rings. The molecule has 0 bridgehead atoms. The largest absolute Gasteiger partial charge is 0.483 e. The summed E-state index contributed by atoms with van der Waals surface area (Å²) < 4.78 is 5.44. The summed E-state index contributed by atoms with van der Waals surface area (Å²) in [5.41, 5.74) is 3.38. The van der Waals surface area contributed by atoms with Crippen LogP contribution in [0.3, 0.4) is 0 Å². The van der Waals surface area contributed by atoms with Gasteiger partial charge >= 0.3 is 0 Å². The molecule has 1 amide bonds. The third-order valence-electron chi connectivity index (χ3n) is 3.28. The molecule has 0 spiro atoms. The summed E-state index contributed by atoms with van der Waals surface area (Å²) in [5.74, 6) is 0.789. The van der Waals surface area contributed by atoms with Crippen LogP contribution in [-0.2, 0) is 4.79 Å². The monoisotopic (exact) mass is 306 g/mol. The molecule has 112 valence electrons. The number of aryl methyl sites for hydroxylation is 1. The normalized spacial score (nSPS) is 17.9. The third kappa shape index (κ3) is 5.23. The molecule has 0 aromatic heterocycles. The van der Waals surface area contributed by atoms with Crippen LogP contribution in [0.1, 0.15) is 24.8 Å². The van der Waals surface area contributed by atoms with Crippen LogP contribution >= 0.6 is 11.6 Å². The molecule has 0 saturated carbocycles. The summed E-state index contributed by atoms with van der Waals surface area (Å²) in [6, 6.07) is 5.28. The summed E-state index contributed by atoms with van der Waals surface area (Å²) >= 11 is 5.86. The first kappa shape index (κ1) is 15.6. The molecule has 4 nitrogen and oxygen atoms in total. The van der Waals surface area contributed by atoms with E-state index in [1.54, 1.807) is 24.4 Å². The van der Waals surface area contributed by atoms with E-state index in [1.807, 2.05) is 6.92 Å². The van der Waals surface area contributed by atoms with Crippen LogP contribution in [0.5, 0.6) is 5.75 Å². The molecular formula is C16H19ClN2O2. The number of halogens is 1. The highest BCUT2D eigenvalue weighted by atomic mass is 35.5. The molecule has 1 aliphatic carbocycles. The quantitative estimate of drug-likeness (QED) is 0.514. The summed E-state index contributed by atoms with van der Waals surface area (Å²) in [4.78, 5) is 11.6. The second-order valence-electron chi connectivity index (χ2n) is 5.06. The molecule has 1 N–H and O–H groups in total. The van der Waals surface area contributed by atoms with E-state index in [-0.39, 0.29) is 12.5 Å². The number of hydrazone groups is 1. The highest BCUT2D eigenvalue weighted by Gasteiger charge is 2.07. The van der Waals surface area contributed by atoms with E-state index in [0.717, 1.165) is 24.8 Å². The van der Waals surface area contributed by atoms with Gasteiger partial charge < -0.3 is 4.74 Å². The second-order valence-corrected chi connectivity index (χ2v) is 5.49. The minimum Gasteiger partial charge on any atom is -0.483 e. The maximum Gasteiger partial charge on any atom is 0.277 e. The SMILES string of the molecule is Cc1cc(Cl)ccc1OCC(=O)N/N=C/C1CC=CCC1. The molecule has 2 rings (SSSR count). The van der Waals surface area contributed by atoms with Crippen molar-refractivity contribution in [2.24, 2.45) is 11.0 Å². The number of nitrogens with zero attached hydrogens (tertiary/aromatic N) is 1. The molecule has 0 aliphatic heterocycles. The van der Waals surface area contributed by atoms with Crippen LogP contribution in [0.4, 0.5) is 0 Å². The molecular weight excluding hydrogens is 288 g/mol. The van der Waals surface area contributed by atoms with Gasteiger partial charge in [-0.2, -0.15) is 5.10 Å². The van der Waals surface area contributed by atoms with Gasteiger partial charge in [-0.15, -0.1) is 0 Å². The fraction of sp³-hybridized carbons (Fsp3) is 0.375. The molecule has 1 unspecified atom stereocenters. The predicted octanol–water partition coefficient (Wildman–Crippen LogP) is 3.49. The molecule has 1 atom stereocenters. The van der Waals surface area contributed by atoms with Crippen molar-refractivity contribution >= 4 is 23.7 Å². The first-order valence-electron chi connectivity index (χ1n) is 7.01. The minimum absolute atomic E-state index is 0.0651. The van der Waals surface area contributed by atoms with E-state index < -0.39 is 0 Å². The fourth-order valence-corrected chi connectivity index (χ4v) is 2.34. The molecule has 5 heteroatoms. The Morgan fingerprint density at radius 1 is 1.52 bits per heavy atom. The Kier molecular flexibility index (Phi) is 5.81. The maximum atomic E-state index is 11.6. The average Bonchev–Trinajstić information content (AvgIpc) is 2.47. The Labute approximate surface area is 129 Å². The van der Waals surface area contributed by atoms with Crippen LogP contribution in [0.25, 0.3) is 0 Å². The molecule has 1 aromatic rings. The summed E-state index contributed by atoms with van der Waals surface area (Å²) in [5, 5.41) is 4.63. The van der Waals surface area contributed by atoms with Crippen molar-refractivity contribution in [1.29, 1.82) is 0 Å². The Morgan fingerprint density at radius 2 is 2.38 bits per heavy atom. The lowest BCUT2D eigenvalue weighted by atomic mass is 9.96. The zero-order valence-corrected chi connectivity index (χ0v) is 12.8. The third-order valence-corrected chi connectivity index (χ3v) is 3.52. The summed E-state index contributed by atoms with van der Waals surface area (Å²) in [7, 11) is 0. The van der Waals surface area contributed by atoms with E-state index in [1.165, 1.54) is 0 Å². The van der Waals surface area contributed by atoms with Crippen LogP contribution in [0.2, 0.25) is 5.02 Å². The van der Waals surface area contributed by atoms with Crippen molar-refractivity contribution in [3.05, 3.63) is 40.9 Å². The van der Waals surface area contributed by atoms with Gasteiger partial charge in [0.2, 0.25) is 0 Å². The number of rotatable bonds is 5. The van der Waals surface area contributed by atoms with Gasteiger partial charge in [-0.05, 0) is 55.9 Å². The van der Waals surface area contributed by atoms with Crippen molar-refractivity contribution in [3.8, 4) is 5.75 Å². The van der Waals surface area contributed by atoms with Crippen molar-refractivity contribution in [3.63, 3.8) is 0 Å². The van der Waals surface area contributed by atoms with Gasteiger partial charge in [0.05, 0.1) is 0 Å². The Morgan fingerprint density at radius 3 is 3.10 bits per heavy atom. The number of carbonyl (C=O) groups excluding carboxylic acids is 1. The van der Waals surface area contributed by atoms with Gasteiger partial charge in [-0.1, -0.05) is 23.8 Å². The summed E-state index contributed by atoms with van der Waals surface area (Å²) in [6.45, 7) is 1.82. The Bertz CT molecular complexity index is 555. The van der Waals surface area contributed by atoms with Gasteiger partial charge in [0, 0.05) is 11.2 Å². The van der Waals surface area contributed by atoms with Crippen molar-refractivity contribution in [2.75, 3.05) is 6.61 Å². The Balaban J connectivity index is 1.74. The van der Waals surface area contributed by atoms with Crippen LogP contribution in [-0.4, -0.2) is 18.7 Å². The van der Waals surface area contributed by atoms with Crippen LogP contribution in [0, 0.1) is 12.8 Å². The number of nitrogens with one attached hydrogen (secondary N) is 1. The lowest BCUT2D eigenvalue weighted by Gasteiger charge is -2.12. The van der Waals surface area contributed by atoms with Crippen LogP contribution < -0.4 is 10.2 Å². The molecule has 1 aromatic carbocycles. The molecule has 0 saturated heterocycles. The fourth-order valence-electron chi connectivity index (χ4n) is 2.12. The molecule has 21 heavy (non-hydrogen) atoms. The number of allylic oxidation sites excluding steroid dienone is 2. The highest BCUT2D eigenvalue weighted by molar-refractivity contribution is 6.30. The van der Waals surface area contributed by atoms with E-state index in [2.05, 4.69) is 22.7 Å². The number of benzene rings is 1. The van der Waals surface area contributed by atoms with Crippen LogP contribution in [0.15, 0.2) is 35.5 Å². The second kappa shape index (κ2) is 7.84. The van der Waals surface area contributed by atoms with Gasteiger partial charge in [0.15, 0.2) is 6.61 Å². The van der Waals surface area contributed by atoms with Crippen molar-refractivity contribution in [2.45, 2.75) is 26.2 Å². The zero-order valence-electron chi connectivity index (χ0n) is 12.0. The van der Waals surface area contributed by atoms with Crippen molar-refractivity contribution < 1.29 is 9.53 Å². The van der Waals surface area contributed by atoms with Crippen molar-refractivity contribution in [1.82, 2.24) is 5.43 Å². The maximum absolute atomic E-state index is 11.6. The number of amides is 1. The first-order chi connectivity index (χ1) is 10.1. The zero-order chi connectivity index (χ0) is 15.1. The predicted molar refractivity (Wildman–Crippen MR) is 84.8 cm³/mol. The average molecular weight is 307 g/mol. The molecule has 0 radical (unpaired) electrons. The molecule has 0 heterocycles. The Hall–Kier alpha value is -1.81. The number of hydrogen-bond acceptors (Lipinski definition) is 3. The lowest BCUT2D eigenvalue weighted by Crippen LogP contribution is -2.25. The van der Waals surface area contributed by atoms with E-state index in [9.17, 15) is 4.79 Å². The standard InChI is InChI=1S/C16H19ClN2O2/c1-12-9-14(17)7-8-15(12)21-11-16(20)19-18-10-13-5-3-2-4-6-13/h2-3,7-10,13H,4-6,11H2,1H3,(H,19,20)/b18-10+. The number of ether oxygens (including phenoxy) is 1. The van der Waals surface area contributed by atoms with Gasteiger partial charge in [0.1, 0.15) is 5.75 Å². The number of hydrogen-bond donors (Lipinski definition) is 1. The number of carbonyl (C=O) groups is 1. The van der Waals surface area contributed by atoms with E-state index >= 15 is 0 Å². The topological polar surface area (TPSA) is 50.7 Å².